The van der Waals surface area contributed by atoms with Crippen LogP contribution >= 0.6 is 11.8 Å². The van der Waals surface area contributed by atoms with Gasteiger partial charge in [-0.25, -0.2) is 4.79 Å². The Morgan fingerprint density at radius 3 is 2.25 bits per heavy atom. The summed E-state index contributed by atoms with van der Waals surface area (Å²) in [7, 11) is 0. The number of hydrogen-bond acceptors (Lipinski definition) is 3. The van der Waals surface area contributed by atoms with Crippen molar-refractivity contribution in [3.63, 3.8) is 0 Å². The second-order valence-corrected chi connectivity index (χ2v) is 13.1. The van der Waals surface area contributed by atoms with E-state index in [1.165, 1.54) is 67.2 Å². The molecule has 1 fully saturated rings. The fourth-order valence-electron chi connectivity index (χ4n) is 5.70. The number of carboxylic acids is 1. The number of hydrogen-bond donors (Lipinski definition) is 2. The van der Waals surface area contributed by atoms with Gasteiger partial charge in [0.25, 0.3) is 0 Å². The molecule has 0 amide bonds. The summed E-state index contributed by atoms with van der Waals surface area (Å²) in [6, 6.07) is 12.8. The van der Waals surface area contributed by atoms with Crippen LogP contribution < -0.4 is 5.32 Å². The third kappa shape index (κ3) is 6.63. The molecule has 2 aliphatic carbocycles. The van der Waals surface area contributed by atoms with Crippen LogP contribution in [0.4, 0.5) is 0 Å². The van der Waals surface area contributed by atoms with Crippen molar-refractivity contribution in [1.82, 2.24) is 5.32 Å². The van der Waals surface area contributed by atoms with Gasteiger partial charge < -0.3 is 10.4 Å². The fraction of sp³-hybridized carbons (Fsp3) is 0.531. The third-order valence-electron chi connectivity index (χ3n) is 8.27. The predicted molar refractivity (Wildman–Crippen MR) is 155 cm³/mol. The highest BCUT2D eigenvalue weighted by molar-refractivity contribution is 7.98. The minimum Gasteiger partial charge on any atom is -0.478 e. The molecule has 0 unspecified atom stereocenters. The van der Waals surface area contributed by atoms with Crippen molar-refractivity contribution in [2.24, 2.45) is 0 Å². The molecule has 2 aromatic carbocycles. The van der Waals surface area contributed by atoms with Gasteiger partial charge in [0.05, 0.1) is 5.56 Å². The van der Waals surface area contributed by atoms with Gasteiger partial charge >= 0.3 is 5.97 Å². The highest BCUT2D eigenvalue weighted by Crippen LogP contribution is 2.47. The quantitative estimate of drug-likeness (QED) is 0.267. The lowest BCUT2D eigenvalue weighted by atomic mass is 9.62. The van der Waals surface area contributed by atoms with Crippen LogP contribution in [0, 0.1) is 0 Å². The highest BCUT2D eigenvalue weighted by Gasteiger charge is 2.37. The molecule has 2 aromatic rings. The average Bonchev–Trinajstić information content (AvgIpc) is 2.86. The molecule has 0 aromatic heterocycles. The lowest BCUT2D eigenvalue weighted by Gasteiger charge is -2.42. The van der Waals surface area contributed by atoms with Crippen LogP contribution in [-0.2, 0) is 16.6 Å². The topological polar surface area (TPSA) is 49.3 Å². The van der Waals surface area contributed by atoms with Gasteiger partial charge in [0.2, 0.25) is 0 Å². The van der Waals surface area contributed by atoms with Crippen molar-refractivity contribution < 1.29 is 9.90 Å². The van der Waals surface area contributed by atoms with Crippen molar-refractivity contribution in [2.45, 2.75) is 95.3 Å². The van der Waals surface area contributed by atoms with Crippen LogP contribution in [0.25, 0.3) is 12.2 Å². The molecule has 0 radical (unpaired) electrons. The molecule has 0 bridgehead atoms. The molecule has 1 saturated carbocycles. The van der Waals surface area contributed by atoms with E-state index < -0.39 is 5.97 Å². The van der Waals surface area contributed by atoms with E-state index in [-0.39, 0.29) is 10.8 Å². The Hall–Kier alpha value is -2.04. The van der Waals surface area contributed by atoms with Crippen LogP contribution in [0.3, 0.4) is 0 Å². The zero-order valence-corrected chi connectivity index (χ0v) is 23.3. The molecule has 0 aliphatic heterocycles. The van der Waals surface area contributed by atoms with Crippen molar-refractivity contribution in [3.8, 4) is 0 Å². The lowest BCUT2D eigenvalue weighted by Crippen LogP contribution is -2.34. The van der Waals surface area contributed by atoms with E-state index in [1.54, 1.807) is 12.1 Å². The van der Waals surface area contributed by atoms with Crippen molar-refractivity contribution >= 4 is 29.9 Å². The van der Waals surface area contributed by atoms with E-state index in [1.807, 2.05) is 23.9 Å². The highest BCUT2D eigenvalue weighted by atomic mass is 32.2. The van der Waals surface area contributed by atoms with Gasteiger partial charge in [-0.1, -0.05) is 83.4 Å². The molecule has 0 heterocycles. The number of benzene rings is 2. The van der Waals surface area contributed by atoms with E-state index in [9.17, 15) is 9.90 Å². The molecule has 0 saturated heterocycles. The molecule has 0 atom stereocenters. The zero-order chi connectivity index (χ0) is 25.8. The normalized spacial score (nSPS) is 19.3. The van der Waals surface area contributed by atoms with Crippen molar-refractivity contribution in [3.05, 3.63) is 69.8 Å². The van der Waals surface area contributed by atoms with Gasteiger partial charge in [0, 0.05) is 24.1 Å². The van der Waals surface area contributed by atoms with E-state index in [0.717, 1.165) is 29.7 Å². The Labute approximate surface area is 222 Å². The summed E-state index contributed by atoms with van der Waals surface area (Å²) in [5, 5.41) is 13.0. The first-order valence-electron chi connectivity index (χ1n) is 13.7. The molecule has 36 heavy (non-hydrogen) atoms. The van der Waals surface area contributed by atoms with E-state index in [2.05, 4.69) is 57.3 Å². The number of carbonyl (C=O) groups is 1. The van der Waals surface area contributed by atoms with E-state index >= 15 is 0 Å². The fourth-order valence-corrected chi connectivity index (χ4v) is 6.58. The van der Waals surface area contributed by atoms with Crippen LogP contribution in [0.5, 0.6) is 0 Å². The molecule has 194 valence electrons. The van der Waals surface area contributed by atoms with E-state index in [4.69, 9.17) is 0 Å². The average molecular weight is 506 g/mol. The SMILES string of the molecule is CC1(C)CCC(C)(C)c2cc(CSCCNC3CCCCC3)c(/C=C/c3ccc(C(=O)O)cc3)cc21. The van der Waals surface area contributed by atoms with Gasteiger partial charge in [0.1, 0.15) is 0 Å². The Bertz CT molecular complexity index is 1080. The minimum absolute atomic E-state index is 0.173. The van der Waals surface area contributed by atoms with Gasteiger partial charge in [0.15, 0.2) is 0 Å². The summed E-state index contributed by atoms with van der Waals surface area (Å²) in [5.74, 6) is 1.25. The standard InChI is InChI=1S/C32H43NO2S/c1-31(2)16-17-32(3,4)29-21-26(22-36-19-18-33-27-8-6-5-7-9-27)25(20-28(29)31)15-12-23-10-13-24(14-11-23)30(34)35/h10-15,20-21,27,33H,5-9,16-19,22H2,1-4H3,(H,34,35)/b15-12+. The number of thioether (sulfide) groups is 1. The zero-order valence-electron chi connectivity index (χ0n) is 22.5. The first kappa shape index (κ1) is 27.0. The summed E-state index contributed by atoms with van der Waals surface area (Å²) in [4.78, 5) is 11.2. The number of nitrogens with one attached hydrogen (secondary N) is 1. The van der Waals surface area contributed by atoms with Crippen LogP contribution in [-0.4, -0.2) is 29.4 Å². The van der Waals surface area contributed by atoms with Gasteiger partial charge in [-0.15, -0.1) is 0 Å². The Morgan fingerprint density at radius 1 is 0.972 bits per heavy atom. The van der Waals surface area contributed by atoms with E-state index in [0.29, 0.717) is 5.56 Å². The third-order valence-corrected chi connectivity index (χ3v) is 9.28. The number of carboxylic acid groups (broad SMARTS) is 1. The predicted octanol–water partition coefficient (Wildman–Crippen LogP) is 8.06. The summed E-state index contributed by atoms with van der Waals surface area (Å²) in [6.45, 7) is 10.6. The van der Waals surface area contributed by atoms with Crippen LogP contribution in [0.15, 0.2) is 36.4 Å². The first-order chi connectivity index (χ1) is 17.2. The second-order valence-electron chi connectivity index (χ2n) is 12.0. The minimum atomic E-state index is -0.887. The molecular weight excluding hydrogens is 462 g/mol. The molecule has 2 N–H and O–H groups in total. The van der Waals surface area contributed by atoms with Gasteiger partial charge in [-0.3, -0.25) is 0 Å². The largest absolute Gasteiger partial charge is 0.478 e. The first-order valence-corrected chi connectivity index (χ1v) is 14.8. The van der Waals surface area contributed by atoms with Crippen LogP contribution in [0.1, 0.15) is 111 Å². The molecule has 2 aliphatic rings. The number of fused-ring (bicyclic) bond motifs is 1. The van der Waals surface area contributed by atoms with Crippen molar-refractivity contribution in [1.29, 1.82) is 0 Å². The maximum absolute atomic E-state index is 11.2. The molecule has 3 nitrogen and oxygen atoms in total. The maximum Gasteiger partial charge on any atom is 0.335 e. The summed E-state index contributed by atoms with van der Waals surface area (Å²) in [5.41, 5.74) is 7.39. The Morgan fingerprint density at radius 2 is 1.61 bits per heavy atom. The molecule has 4 heteroatoms. The van der Waals surface area contributed by atoms with Crippen LogP contribution in [0.2, 0.25) is 0 Å². The molecule has 4 rings (SSSR count). The van der Waals surface area contributed by atoms with Crippen molar-refractivity contribution in [2.75, 3.05) is 12.3 Å². The summed E-state index contributed by atoms with van der Waals surface area (Å²) >= 11 is 2.02. The summed E-state index contributed by atoms with van der Waals surface area (Å²) in [6.07, 6.45) is 13.6. The van der Waals surface area contributed by atoms with Gasteiger partial charge in [-0.05, 0) is 76.5 Å². The Kier molecular flexibility index (Phi) is 8.67. The number of rotatable bonds is 9. The monoisotopic (exact) mass is 505 g/mol. The Balaban J connectivity index is 1.54. The lowest BCUT2D eigenvalue weighted by molar-refractivity contribution is 0.0697. The molecule has 0 spiro atoms. The second kappa shape index (κ2) is 11.6. The smallest absolute Gasteiger partial charge is 0.335 e. The van der Waals surface area contributed by atoms with Gasteiger partial charge in [-0.2, -0.15) is 11.8 Å². The molecular formula is C32H43NO2S. The number of aromatic carboxylic acids is 1. The maximum atomic E-state index is 11.2. The summed E-state index contributed by atoms with van der Waals surface area (Å²) < 4.78 is 0.